The molecule has 4 nitrogen and oxygen atoms in total. The SMILES string of the molecule is CNC1CCCN(Cc2cn[nH]c2-c2ccc(C(F)(F)F)cc2)C1. The number of H-pyrrole nitrogens is 1. The molecule has 1 aliphatic heterocycles. The molecule has 0 aliphatic carbocycles. The second-order valence-corrected chi connectivity index (χ2v) is 6.21. The van der Waals surface area contributed by atoms with Gasteiger partial charge >= 0.3 is 6.18 Å². The molecule has 1 unspecified atom stereocenters. The monoisotopic (exact) mass is 338 g/mol. The van der Waals surface area contributed by atoms with E-state index in [2.05, 4.69) is 20.4 Å². The Bertz CT molecular complexity index is 663. The molecule has 24 heavy (non-hydrogen) atoms. The Hall–Kier alpha value is -1.86. The predicted octanol–water partition coefficient (Wildman–Crippen LogP) is 3.28. The van der Waals surface area contributed by atoms with Crippen LogP contribution in [0.4, 0.5) is 13.2 Å². The van der Waals surface area contributed by atoms with Gasteiger partial charge in [-0.3, -0.25) is 10.00 Å². The van der Waals surface area contributed by atoms with Crippen molar-refractivity contribution < 1.29 is 13.2 Å². The van der Waals surface area contributed by atoms with Gasteiger partial charge in [0.1, 0.15) is 0 Å². The normalized spacial score (nSPS) is 19.6. The van der Waals surface area contributed by atoms with Crippen LogP contribution in [-0.4, -0.2) is 41.3 Å². The highest BCUT2D eigenvalue weighted by Gasteiger charge is 2.30. The molecule has 0 radical (unpaired) electrons. The molecule has 1 saturated heterocycles. The lowest BCUT2D eigenvalue weighted by molar-refractivity contribution is -0.137. The number of nitrogens with one attached hydrogen (secondary N) is 2. The van der Waals surface area contributed by atoms with Gasteiger partial charge in [-0.25, -0.2) is 0 Å². The van der Waals surface area contributed by atoms with Crippen molar-refractivity contribution in [3.8, 4) is 11.3 Å². The van der Waals surface area contributed by atoms with Gasteiger partial charge in [0.25, 0.3) is 0 Å². The molecule has 0 saturated carbocycles. The molecule has 1 aromatic heterocycles. The first-order chi connectivity index (χ1) is 11.5. The molecule has 0 bridgehead atoms. The van der Waals surface area contributed by atoms with Crippen LogP contribution in [0.1, 0.15) is 24.0 Å². The van der Waals surface area contributed by atoms with Crippen LogP contribution in [0.25, 0.3) is 11.3 Å². The van der Waals surface area contributed by atoms with E-state index in [1.54, 1.807) is 6.20 Å². The van der Waals surface area contributed by atoms with Gasteiger partial charge in [-0.1, -0.05) is 12.1 Å². The third-order valence-corrected chi connectivity index (χ3v) is 4.53. The summed E-state index contributed by atoms with van der Waals surface area (Å²) in [6, 6.07) is 5.69. The van der Waals surface area contributed by atoms with Crippen LogP contribution in [0.5, 0.6) is 0 Å². The second-order valence-electron chi connectivity index (χ2n) is 6.21. The average molecular weight is 338 g/mol. The number of rotatable bonds is 4. The lowest BCUT2D eigenvalue weighted by Crippen LogP contribution is -2.43. The summed E-state index contributed by atoms with van der Waals surface area (Å²) in [4.78, 5) is 2.35. The van der Waals surface area contributed by atoms with Crippen molar-refractivity contribution in [1.82, 2.24) is 20.4 Å². The maximum Gasteiger partial charge on any atom is 0.416 e. The predicted molar refractivity (Wildman–Crippen MR) is 86.4 cm³/mol. The lowest BCUT2D eigenvalue weighted by atomic mass is 10.0. The first-order valence-electron chi connectivity index (χ1n) is 8.07. The highest BCUT2D eigenvalue weighted by molar-refractivity contribution is 5.63. The molecule has 2 heterocycles. The van der Waals surface area contributed by atoms with Crippen molar-refractivity contribution in [2.75, 3.05) is 20.1 Å². The number of alkyl halides is 3. The Labute approximate surface area is 139 Å². The zero-order valence-electron chi connectivity index (χ0n) is 13.5. The fourth-order valence-corrected chi connectivity index (χ4v) is 3.18. The zero-order chi connectivity index (χ0) is 17.2. The Morgan fingerprint density at radius 1 is 1.29 bits per heavy atom. The van der Waals surface area contributed by atoms with Crippen molar-refractivity contribution in [2.24, 2.45) is 0 Å². The van der Waals surface area contributed by atoms with Gasteiger partial charge in [-0.2, -0.15) is 18.3 Å². The Balaban J connectivity index is 1.75. The summed E-state index contributed by atoms with van der Waals surface area (Å²) in [5, 5.41) is 10.3. The van der Waals surface area contributed by atoms with E-state index >= 15 is 0 Å². The maximum absolute atomic E-state index is 12.7. The fraction of sp³-hybridized carbons (Fsp3) is 0.471. The van der Waals surface area contributed by atoms with E-state index in [-0.39, 0.29) is 0 Å². The largest absolute Gasteiger partial charge is 0.416 e. The van der Waals surface area contributed by atoms with Crippen LogP contribution in [0.3, 0.4) is 0 Å². The van der Waals surface area contributed by atoms with Crippen LogP contribution in [-0.2, 0) is 12.7 Å². The average Bonchev–Trinajstić information content (AvgIpc) is 3.02. The van der Waals surface area contributed by atoms with E-state index in [1.165, 1.54) is 18.6 Å². The fourth-order valence-electron chi connectivity index (χ4n) is 3.18. The molecule has 2 N–H and O–H groups in total. The number of halogens is 3. The van der Waals surface area contributed by atoms with E-state index in [9.17, 15) is 13.2 Å². The number of likely N-dealkylation sites (N-methyl/N-ethyl adjacent to an activating group) is 1. The number of aromatic amines is 1. The van der Waals surface area contributed by atoms with E-state index < -0.39 is 11.7 Å². The Kier molecular flexibility index (Phi) is 4.91. The number of aromatic nitrogens is 2. The van der Waals surface area contributed by atoms with Crippen molar-refractivity contribution in [3.05, 3.63) is 41.6 Å². The number of hydrogen-bond donors (Lipinski definition) is 2. The van der Waals surface area contributed by atoms with Gasteiger partial charge in [0.15, 0.2) is 0 Å². The molecular weight excluding hydrogens is 317 g/mol. The van der Waals surface area contributed by atoms with Crippen molar-refractivity contribution in [1.29, 1.82) is 0 Å². The minimum atomic E-state index is -4.31. The minimum absolute atomic E-state index is 0.486. The van der Waals surface area contributed by atoms with Gasteiger partial charge < -0.3 is 5.32 Å². The van der Waals surface area contributed by atoms with Crippen LogP contribution in [0.2, 0.25) is 0 Å². The topological polar surface area (TPSA) is 44.0 Å². The first kappa shape index (κ1) is 17.0. The van der Waals surface area contributed by atoms with Gasteiger partial charge in [0.2, 0.25) is 0 Å². The van der Waals surface area contributed by atoms with Crippen molar-refractivity contribution in [2.45, 2.75) is 31.6 Å². The quantitative estimate of drug-likeness (QED) is 0.899. The molecule has 1 atom stereocenters. The highest BCUT2D eigenvalue weighted by atomic mass is 19.4. The van der Waals surface area contributed by atoms with Gasteiger partial charge in [-0.15, -0.1) is 0 Å². The van der Waals surface area contributed by atoms with Crippen molar-refractivity contribution >= 4 is 0 Å². The van der Waals surface area contributed by atoms with Crippen LogP contribution in [0, 0.1) is 0 Å². The van der Waals surface area contributed by atoms with E-state index in [1.807, 2.05) is 7.05 Å². The third-order valence-electron chi connectivity index (χ3n) is 4.53. The molecule has 0 amide bonds. The molecule has 7 heteroatoms. The van der Waals surface area contributed by atoms with E-state index in [4.69, 9.17) is 0 Å². The molecule has 1 aromatic carbocycles. The summed E-state index contributed by atoms with van der Waals surface area (Å²) >= 11 is 0. The summed E-state index contributed by atoms with van der Waals surface area (Å²) < 4.78 is 38.1. The third kappa shape index (κ3) is 3.79. The number of likely N-dealkylation sites (tertiary alicyclic amines) is 1. The van der Waals surface area contributed by atoms with Crippen LogP contribution in [0.15, 0.2) is 30.5 Å². The number of piperidine rings is 1. The number of benzene rings is 1. The van der Waals surface area contributed by atoms with Crippen molar-refractivity contribution in [3.63, 3.8) is 0 Å². The summed E-state index contributed by atoms with van der Waals surface area (Å²) in [7, 11) is 1.97. The van der Waals surface area contributed by atoms with E-state index in [0.717, 1.165) is 55.0 Å². The summed E-state index contributed by atoms with van der Waals surface area (Å²) in [6.07, 6.45) is -0.246. The molecular formula is C17H21F3N4. The highest BCUT2D eigenvalue weighted by Crippen LogP contribution is 2.31. The Morgan fingerprint density at radius 2 is 2.04 bits per heavy atom. The number of hydrogen-bond acceptors (Lipinski definition) is 3. The van der Waals surface area contributed by atoms with Gasteiger partial charge in [0.05, 0.1) is 17.5 Å². The molecule has 2 aromatic rings. The lowest BCUT2D eigenvalue weighted by Gasteiger charge is -2.32. The van der Waals surface area contributed by atoms with E-state index in [0.29, 0.717) is 6.04 Å². The van der Waals surface area contributed by atoms with Crippen LogP contribution < -0.4 is 5.32 Å². The maximum atomic E-state index is 12.7. The van der Waals surface area contributed by atoms with Gasteiger partial charge in [0, 0.05) is 24.7 Å². The van der Waals surface area contributed by atoms with Gasteiger partial charge in [-0.05, 0) is 44.1 Å². The molecule has 1 fully saturated rings. The smallest absolute Gasteiger partial charge is 0.316 e. The molecule has 0 spiro atoms. The van der Waals surface area contributed by atoms with Crippen LogP contribution >= 0.6 is 0 Å². The second kappa shape index (κ2) is 6.94. The first-order valence-corrected chi connectivity index (χ1v) is 8.07. The summed E-state index contributed by atoms with van der Waals surface area (Å²) in [5.74, 6) is 0. The standard InChI is InChI=1S/C17H21F3N4/c1-21-15-3-2-8-24(11-15)10-13-9-22-23-16(13)12-4-6-14(7-5-12)17(18,19)20/h4-7,9,15,21H,2-3,8,10-11H2,1H3,(H,22,23). The Morgan fingerprint density at radius 3 is 2.71 bits per heavy atom. The molecule has 130 valence electrons. The zero-order valence-corrected chi connectivity index (χ0v) is 13.5. The molecule has 3 rings (SSSR count). The minimum Gasteiger partial charge on any atom is -0.316 e. The summed E-state index contributed by atoms with van der Waals surface area (Å²) in [6.45, 7) is 2.73. The molecule has 1 aliphatic rings. The summed E-state index contributed by atoms with van der Waals surface area (Å²) in [5.41, 5.74) is 1.87. The number of nitrogens with zero attached hydrogens (tertiary/aromatic N) is 2.